The number of hydrogen-bond acceptors (Lipinski definition) is 4. The lowest BCUT2D eigenvalue weighted by molar-refractivity contribution is -0.436. The SMILES string of the molecule is COC(=O)OC(F)(F)C(F)(F)C(F)(F)OC(F)=C(F)F. The summed E-state index contributed by atoms with van der Waals surface area (Å²) in [7, 11) is 0.381. The van der Waals surface area contributed by atoms with Crippen LogP contribution >= 0.6 is 0 Å². The zero-order valence-corrected chi connectivity index (χ0v) is 9.03. The van der Waals surface area contributed by atoms with Gasteiger partial charge in [0.15, 0.2) is 0 Å². The van der Waals surface area contributed by atoms with E-state index in [0.29, 0.717) is 7.11 Å². The first-order valence-corrected chi connectivity index (χ1v) is 4.08. The zero-order valence-electron chi connectivity index (χ0n) is 9.03. The van der Waals surface area contributed by atoms with Crippen LogP contribution in [-0.4, -0.2) is 31.4 Å². The second kappa shape index (κ2) is 5.66. The summed E-state index contributed by atoms with van der Waals surface area (Å²) in [5.41, 5.74) is 0. The highest BCUT2D eigenvalue weighted by Crippen LogP contribution is 2.48. The lowest BCUT2D eigenvalue weighted by atomic mass is 10.3. The van der Waals surface area contributed by atoms with E-state index in [9.17, 15) is 44.3 Å². The molecule has 0 radical (unpaired) electrons. The molecule has 0 aliphatic heterocycles. The number of methoxy groups -OCH3 is 1. The summed E-state index contributed by atoms with van der Waals surface area (Å²) in [6.45, 7) is 0. The molecular formula is C7H3F9O4. The van der Waals surface area contributed by atoms with Crippen LogP contribution in [-0.2, 0) is 14.2 Å². The Hall–Kier alpha value is -1.82. The Bertz CT molecular complexity index is 401. The summed E-state index contributed by atoms with van der Waals surface area (Å²) in [5.74, 6) is -6.68. The zero-order chi connectivity index (χ0) is 16.4. The van der Waals surface area contributed by atoms with Crippen LogP contribution in [0.1, 0.15) is 0 Å². The molecule has 0 fully saturated rings. The minimum atomic E-state index is -6.68. The van der Waals surface area contributed by atoms with Gasteiger partial charge in [-0.15, -0.1) is 0 Å². The Labute approximate surface area is 103 Å². The van der Waals surface area contributed by atoms with Crippen LogP contribution in [0.2, 0.25) is 0 Å². The summed E-state index contributed by atoms with van der Waals surface area (Å²) >= 11 is 0. The molecule has 0 aromatic heterocycles. The first kappa shape index (κ1) is 18.2. The summed E-state index contributed by atoms with van der Waals surface area (Å²) in [4.78, 5) is 10.2. The molecule has 118 valence electrons. The highest BCUT2D eigenvalue weighted by Gasteiger charge is 2.78. The van der Waals surface area contributed by atoms with Gasteiger partial charge in [-0.2, -0.15) is 39.5 Å². The molecule has 0 unspecified atom stereocenters. The van der Waals surface area contributed by atoms with E-state index in [1.54, 1.807) is 0 Å². The topological polar surface area (TPSA) is 44.8 Å². The van der Waals surface area contributed by atoms with Gasteiger partial charge in [0.1, 0.15) is 0 Å². The fourth-order valence-corrected chi connectivity index (χ4v) is 0.595. The van der Waals surface area contributed by atoms with Gasteiger partial charge in [-0.05, 0) is 0 Å². The molecule has 0 aliphatic carbocycles. The number of carbonyl (C=O) groups excluding carboxylic acids is 1. The molecular weight excluding hydrogens is 319 g/mol. The van der Waals surface area contributed by atoms with Gasteiger partial charge >= 0.3 is 36.4 Å². The molecule has 0 spiro atoms. The Morgan fingerprint density at radius 2 is 1.25 bits per heavy atom. The van der Waals surface area contributed by atoms with Crippen molar-refractivity contribution in [1.29, 1.82) is 0 Å². The molecule has 0 bridgehead atoms. The molecule has 0 aliphatic rings. The van der Waals surface area contributed by atoms with Crippen molar-refractivity contribution in [3.8, 4) is 0 Å². The molecule has 13 heteroatoms. The van der Waals surface area contributed by atoms with Crippen molar-refractivity contribution in [2.75, 3.05) is 7.11 Å². The molecule has 0 atom stereocenters. The van der Waals surface area contributed by atoms with Gasteiger partial charge in [-0.25, -0.2) is 4.79 Å². The average Bonchev–Trinajstić information content (AvgIpc) is 2.26. The first-order valence-electron chi connectivity index (χ1n) is 4.08. The van der Waals surface area contributed by atoms with E-state index in [-0.39, 0.29) is 0 Å². The van der Waals surface area contributed by atoms with Crippen molar-refractivity contribution in [3.63, 3.8) is 0 Å². The van der Waals surface area contributed by atoms with Crippen molar-refractivity contribution in [2.45, 2.75) is 18.1 Å². The summed E-state index contributed by atoms with van der Waals surface area (Å²) in [6, 6.07) is -3.51. The minimum Gasteiger partial charge on any atom is -0.437 e. The molecule has 0 saturated heterocycles. The lowest BCUT2D eigenvalue weighted by Gasteiger charge is -2.29. The maximum absolute atomic E-state index is 12.7. The number of carbonyl (C=O) groups is 1. The van der Waals surface area contributed by atoms with Crippen molar-refractivity contribution in [1.82, 2.24) is 0 Å². The quantitative estimate of drug-likeness (QED) is 0.440. The highest BCUT2D eigenvalue weighted by atomic mass is 19.4. The largest absolute Gasteiger partial charge is 0.512 e. The third-order valence-electron chi connectivity index (χ3n) is 1.48. The Morgan fingerprint density at radius 1 is 0.850 bits per heavy atom. The van der Waals surface area contributed by atoms with Crippen LogP contribution in [0.3, 0.4) is 0 Å². The van der Waals surface area contributed by atoms with Crippen LogP contribution in [0.4, 0.5) is 44.3 Å². The molecule has 0 aromatic carbocycles. The fraction of sp³-hybridized carbons (Fsp3) is 0.571. The second-order valence-electron chi connectivity index (χ2n) is 2.80. The Balaban J connectivity index is 5.37. The van der Waals surface area contributed by atoms with E-state index in [1.165, 1.54) is 0 Å². The molecule has 0 saturated carbocycles. The van der Waals surface area contributed by atoms with Gasteiger partial charge in [0, 0.05) is 0 Å². The van der Waals surface area contributed by atoms with E-state index in [1.807, 2.05) is 0 Å². The summed E-state index contributed by atoms with van der Waals surface area (Å²) in [5, 5.41) is 0. The number of hydrogen-bond donors (Lipinski definition) is 0. The average molecular weight is 322 g/mol. The van der Waals surface area contributed by atoms with Crippen LogP contribution in [0.15, 0.2) is 12.1 Å². The predicted octanol–water partition coefficient (Wildman–Crippen LogP) is 3.64. The molecule has 0 heterocycles. The molecule has 4 nitrogen and oxygen atoms in total. The molecule has 20 heavy (non-hydrogen) atoms. The van der Waals surface area contributed by atoms with Gasteiger partial charge in [0.2, 0.25) is 0 Å². The third-order valence-corrected chi connectivity index (χ3v) is 1.48. The lowest BCUT2D eigenvalue weighted by Crippen LogP contribution is -2.57. The van der Waals surface area contributed by atoms with E-state index in [0.717, 1.165) is 0 Å². The second-order valence-corrected chi connectivity index (χ2v) is 2.80. The molecule has 0 amide bonds. The maximum Gasteiger partial charge on any atom is 0.512 e. The number of rotatable bonds is 5. The molecule has 0 rings (SSSR count). The number of alkyl halides is 6. The summed E-state index contributed by atoms with van der Waals surface area (Å²) in [6.07, 6.45) is -18.8. The van der Waals surface area contributed by atoms with Crippen molar-refractivity contribution < 1.29 is 58.5 Å². The summed E-state index contributed by atoms with van der Waals surface area (Å²) < 4.78 is 119. The van der Waals surface area contributed by atoms with Crippen LogP contribution in [0.25, 0.3) is 0 Å². The van der Waals surface area contributed by atoms with Crippen molar-refractivity contribution in [2.24, 2.45) is 0 Å². The van der Waals surface area contributed by atoms with Crippen LogP contribution in [0, 0.1) is 0 Å². The minimum absolute atomic E-state index is 0.381. The van der Waals surface area contributed by atoms with E-state index in [4.69, 9.17) is 0 Å². The first-order chi connectivity index (χ1) is 8.78. The van der Waals surface area contributed by atoms with Crippen molar-refractivity contribution >= 4 is 6.16 Å². The van der Waals surface area contributed by atoms with E-state index >= 15 is 0 Å². The van der Waals surface area contributed by atoms with Crippen LogP contribution < -0.4 is 0 Å². The molecule has 0 N–H and O–H groups in total. The van der Waals surface area contributed by atoms with Crippen LogP contribution in [0.5, 0.6) is 0 Å². The Kier molecular flexibility index (Phi) is 5.15. The van der Waals surface area contributed by atoms with E-state index in [2.05, 4.69) is 14.2 Å². The predicted molar refractivity (Wildman–Crippen MR) is 39.8 cm³/mol. The normalized spacial score (nSPS) is 12.7. The maximum atomic E-state index is 12.7. The van der Waals surface area contributed by atoms with Gasteiger partial charge < -0.3 is 14.2 Å². The molecule has 0 aromatic rings. The fourth-order valence-electron chi connectivity index (χ4n) is 0.595. The Morgan fingerprint density at radius 3 is 1.60 bits per heavy atom. The smallest absolute Gasteiger partial charge is 0.437 e. The highest BCUT2D eigenvalue weighted by molar-refractivity contribution is 5.60. The number of halogens is 9. The standard InChI is InChI=1S/C7H3F9O4/c1-18-4(17)20-7(15,16)5(11,12)6(13,14)19-3(10)2(8)9/h1H3. The third kappa shape index (κ3) is 3.60. The van der Waals surface area contributed by atoms with Gasteiger partial charge in [0.05, 0.1) is 7.11 Å². The van der Waals surface area contributed by atoms with Gasteiger partial charge in [-0.3, -0.25) is 0 Å². The number of ether oxygens (including phenoxy) is 3. The monoisotopic (exact) mass is 322 g/mol. The van der Waals surface area contributed by atoms with E-state index < -0.39 is 36.4 Å². The van der Waals surface area contributed by atoms with Crippen molar-refractivity contribution in [3.05, 3.63) is 12.1 Å². The van der Waals surface area contributed by atoms with Gasteiger partial charge in [-0.1, -0.05) is 0 Å². The van der Waals surface area contributed by atoms with Gasteiger partial charge in [0.25, 0.3) is 0 Å².